The molecule has 0 spiro atoms. The normalized spacial score (nSPS) is 21.5. The summed E-state index contributed by atoms with van der Waals surface area (Å²) in [6.45, 7) is 5.43. The Balaban J connectivity index is 1.42. The minimum atomic E-state index is -0.315. The van der Waals surface area contributed by atoms with Crippen molar-refractivity contribution in [3.05, 3.63) is 24.3 Å². The minimum absolute atomic E-state index is 0.0563. The zero-order valence-corrected chi connectivity index (χ0v) is 14.3. The Morgan fingerprint density at radius 1 is 1.24 bits per heavy atom. The first-order valence-electron chi connectivity index (χ1n) is 8.80. The maximum absolute atomic E-state index is 12.3. The van der Waals surface area contributed by atoms with Crippen LogP contribution in [0, 0.1) is 5.92 Å². The second kappa shape index (κ2) is 8.31. The molecular weight excluding hydrogens is 322 g/mol. The first-order chi connectivity index (χ1) is 12.1. The van der Waals surface area contributed by atoms with Gasteiger partial charge in [-0.3, -0.25) is 14.5 Å². The van der Waals surface area contributed by atoms with Crippen LogP contribution in [0.5, 0.6) is 5.75 Å². The number of hydrogen-bond acceptors (Lipinski definition) is 5. The van der Waals surface area contributed by atoms with Crippen LogP contribution in [0.25, 0.3) is 0 Å². The standard InChI is InChI=1S/C18H25N3O4/c22-16-4-2-15(3-5-16)21-13-14(12-17(21)23)18(24)19-6-1-7-20-8-10-25-11-9-20/h2-5,14,22H,1,6-13H2,(H,19,24)/t14-/m0/s1. The zero-order chi connectivity index (χ0) is 17.6. The van der Waals surface area contributed by atoms with Crippen molar-refractivity contribution in [2.24, 2.45) is 5.92 Å². The number of benzene rings is 1. The highest BCUT2D eigenvalue weighted by Crippen LogP contribution is 2.26. The van der Waals surface area contributed by atoms with Crippen LogP contribution in [0.15, 0.2) is 24.3 Å². The Hall–Kier alpha value is -2.12. The zero-order valence-electron chi connectivity index (χ0n) is 14.3. The molecular formula is C18H25N3O4. The molecule has 7 heteroatoms. The van der Waals surface area contributed by atoms with Gasteiger partial charge in [-0.15, -0.1) is 0 Å². The molecule has 2 N–H and O–H groups in total. The maximum atomic E-state index is 12.3. The number of anilines is 1. The lowest BCUT2D eigenvalue weighted by molar-refractivity contribution is -0.126. The van der Waals surface area contributed by atoms with Crippen molar-refractivity contribution < 1.29 is 19.4 Å². The van der Waals surface area contributed by atoms with E-state index in [9.17, 15) is 14.7 Å². The Bertz CT molecular complexity index is 599. The SMILES string of the molecule is O=C(NCCCN1CCOCC1)[C@H]1CC(=O)N(c2ccc(O)cc2)C1. The number of morpholine rings is 1. The fourth-order valence-electron chi connectivity index (χ4n) is 3.25. The number of hydrogen-bond donors (Lipinski definition) is 2. The largest absolute Gasteiger partial charge is 0.508 e. The molecule has 2 fully saturated rings. The molecule has 2 heterocycles. The highest BCUT2D eigenvalue weighted by atomic mass is 16.5. The number of carbonyl (C=O) groups is 2. The number of phenols is 1. The average molecular weight is 347 g/mol. The smallest absolute Gasteiger partial charge is 0.227 e. The molecule has 0 aromatic heterocycles. The van der Waals surface area contributed by atoms with Gasteiger partial charge < -0.3 is 20.1 Å². The lowest BCUT2D eigenvalue weighted by Gasteiger charge is -2.26. The summed E-state index contributed by atoms with van der Waals surface area (Å²) in [7, 11) is 0. The van der Waals surface area contributed by atoms with Crippen LogP contribution >= 0.6 is 0 Å². The van der Waals surface area contributed by atoms with Gasteiger partial charge in [0.25, 0.3) is 0 Å². The van der Waals surface area contributed by atoms with Crippen molar-refractivity contribution in [3.63, 3.8) is 0 Å². The van der Waals surface area contributed by atoms with E-state index in [4.69, 9.17) is 4.74 Å². The summed E-state index contributed by atoms with van der Waals surface area (Å²) in [6.07, 6.45) is 1.13. The monoisotopic (exact) mass is 347 g/mol. The second-order valence-corrected chi connectivity index (χ2v) is 6.52. The van der Waals surface area contributed by atoms with E-state index < -0.39 is 0 Å². The van der Waals surface area contributed by atoms with Gasteiger partial charge in [-0.2, -0.15) is 0 Å². The summed E-state index contributed by atoms with van der Waals surface area (Å²) in [5, 5.41) is 12.3. The fraction of sp³-hybridized carbons (Fsp3) is 0.556. The van der Waals surface area contributed by atoms with Crippen molar-refractivity contribution in [1.29, 1.82) is 0 Å². The predicted octanol–water partition coefficient (Wildman–Crippen LogP) is 0.584. The number of ether oxygens (including phenoxy) is 1. The van der Waals surface area contributed by atoms with Gasteiger partial charge in [0.05, 0.1) is 19.1 Å². The van der Waals surface area contributed by atoms with E-state index in [1.807, 2.05) is 0 Å². The molecule has 1 atom stereocenters. The first kappa shape index (κ1) is 17.7. The average Bonchev–Trinajstić information content (AvgIpc) is 3.02. The summed E-state index contributed by atoms with van der Waals surface area (Å²) in [5.41, 5.74) is 0.713. The van der Waals surface area contributed by atoms with Gasteiger partial charge in [-0.05, 0) is 37.2 Å². The van der Waals surface area contributed by atoms with Crippen LogP contribution in [0.4, 0.5) is 5.69 Å². The van der Waals surface area contributed by atoms with Crippen LogP contribution in [0.3, 0.4) is 0 Å². The van der Waals surface area contributed by atoms with E-state index in [0.29, 0.717) is 18.8 Å². The number of aromatic hydroxyl groups is 1. The van der Waals surface area contributed by atoms with Crippen molar-refractivity contribution >= 4 is 17.5 Å². The highest BCUT2D eigenvalue weighted by molar-refractivity contribution is 6.00. The molecule has 136 valence electrons. The minimum Gasteiger partial charge on any atom is -0.508 e. The summed E-state index contributed by atoms with van der Waals surface area (Å²) < 4.78 is 5.31. The molecule has 2 aliphatic rings. The first-order valence-corrected chi connectivity index (χ1v) is 8.80. The van der Waals surface area contributed by atoms with Crippen LogP contribution in [-0.4, -0.2) is 67.8 Å². The Labute approximate surface area is 147 Å². The van der Waals surface area contributed by atoms with Crippen LogP contribution in [0.1, 0.15) is 12.8 Å². The maximum Gasteiger partial charge on any atom is 0.227 e. The highest BCUT2D eigenvalue weighted by Gasteiger charge is 2.34. The lowest BCUT2D eigenvalue weighted by Crippen LogP contribution is -2.39. The molecule has 0 unspecified atom stereocenters. The van der Waals surface area contributed by atoms with E-state index in [1.54, 1.807) is 29.2 Å². The number of nitrogens with zero attached hydrogens (tertiary/aromatic N) is 2. The molecule has 1 aromatic rings. The third-order valence-electron chi connectivity index (χ3n) is 4.71. The number of nitrogens with one attached hydrogen (secondary N) is 1. The van der Waals surface area contributed by atoms with E-state index in [2.05, 4.69) is 10.2 Å². The van der Waals surface area contributed by atoms with E-state index >= 15 is 0 Å². The van der Waals surface area contributed by atoms with Crippen LogP contribution in [-0.2, 0) is 14.3 Å². The van der Waals surface area contributed by atoms with Crippen molar-refractivity contribution in [2.45, 2.75) is 12.8 Å². The van der Waals surface area contributed by atoms with Gasteiger partial charge in [-0.25, -0.2) is 0 Å². The van der Waals surface area contributed by atoms with E-state index in [-0.39, 0.29) is 29.9 Å². The second-order valence-electron chi connectivity index (χ2n) is 6.52. The topological polar surface area (TPSA) is 82.1 Å². The van der Waals surface area contributed by atoms with Crippen molar-refractivity contribution in [3.8, 4) is 5.75 Å². The van der Waals surface area contributed by atoms with Crippen LogP contribution < -0.4 is 10.2 Å². The quantitative estimate of drug-likeness (QED) is 0.736. The molecule has 1 aromatic carbocycles. The van der Waals surface area contributed by atoms with Crippen molar-refractivity contribution in [1.82, 2.24) is 10.2 Å². The third-order valence-corrected chi connectivity index (χ3v) is 4.71. The fourth-order valence-corrected chi connectivity index (χ4v) is 3.25. The number of amides is 2. The molecule has 2 aliphatic heterocycles. The van der Waals surface area contributed by atoms with Gasteiger partial charge in [0.2, 0.25) is 11.8 Å². The molecule has 3 rings (SSSR count). The van der Waals surface area contributed by atoms with E-state index in [1.165, 1.54) is 0 Å². The van der Waals surface area contributed by atoms with Gasteiger partial charge >= 0.3 is 0 Å². The number of rotatable bonds is 6. The van der Waals surface area contributed by atoms with Gasteiger partial charge in [0.15, 0.2) is 0 Å². The van der Waals surface area contributed by atoms with Gasteiger partial charge in [0.1, 0.15) is 5.75 Å². The molecule has 0 radical (unpaired) electrons. The molecule has 25 heavy (non-hydrogen) atoms. The van der Waals surface area contributed by atoms with Crippen molar-refractivity contribution in [2.75, 3.05) is 50.8 Å². The van der Waals surface area contributed by atoms with E-state index in [0.717, 1.165) is 39.3 Å². The number of phenolic OH excluding ortho intramolecular Hbond substituents is 1. The summed E-state index contributed by atoms with van der Waals surface area (Å²) in [5.74, 6) is -0.273. The number of carbonyl (C=O) groups excluding carboxylic acids is 2. The third kappa shape index (κ3) is 4.70. The lowest BCUT2D eigenvalue weighted by atomic mass is 10.1. The summed E-state index contributed by atoms with van der Waals surface area (Å²) in [4.78, 5) is 28.4. The summed E-state index contributed by atoms with van der Waals surface area (Å²) in [6, 6.07) is 6.47. The molecule has 0 saturated carbocycles. The predicted molar refractivity (Wildman–Crippen MR) is 93.5 cm³/mol. The molecule has 2 saturated heterocycles. The Kier molecular flexibility index (Phi) is 5.88. The van der Waals surface area contributed by atoms with Gasteiger partial charge in [-0.1, -0.05) is 0 Å². The molecule has 2 amide bonds. The van der Waals surface area contributed by atoms with Gasteiger partial charge in [0, 0.05) is 38.3 Å². The summed E-state index contributed by atoms with van der Waals surface area (Å²) >= 11 is 0. The molecule has 7 nitrogen and oxygen atoms in total. The molecule has 0 bridgehead atoms. The molecule has 0 aliphatic carbocycles. The Morgan fingerprint density at radius 3 is 2.68 bits per heavy atom. The van der Waals surface area contributed by atoms with Crippen LogP contribution in [0.2, 0.25) is 0 Å². The Morgan fingerprint density at radius 2 is 1.96 bits per heavy atom.